The molecule has 2 aromatic rings. The minimum atomic E-state index is 0.478. The molecule has 0 aliphatic rings. The highest BCUT2D eigenvalue weighted by atomic mass is 32.2. The van der Waals surface area contributed by atoms with Gasteiger partial charge in [-0.05, 0) is 0 Å². The maximum absolute atomic E-state index is 5.67. The zero-order valence-electron chi connectivity index (χ0n) is 8.29. The van der Waals surface area contributed by atoms with Gasteiger partial charge < -0.3 is 5.73 Å². The number of hydrogen-bond donors (Lipinski definition) is 1. The van der Waals surface area contributed by atoms with Crippen LogP contribution in [-0.4, -0.2) is 19.7 Å². The predicted octanol–water partition coefficient (Wildman–Crippen LogP) is 1.08. The fourth-order valence-corrected chi connectivity index (χ4v) is 1.93. The van der Waals surface area contributed by atoms with Gasteiger partial charge in [0.05, 0.1) is 6.20 Å². The molecule has 2 aromatic heterocycles. The molecule has 5 nitrogen and oxygen atoms in total. The van der Waals surface area contributed by atoms with Crippen LogP contribution in [0.2, 0.25) is 0 Å². The van der Waals surface area contributed by atoms with Crippen LogP contribution in [0.5, 0.6) is 0 Å². The van der Waals surface area contributed by atoms with Crippen LogP contribution in [0.15, 0.2) is 29.8 Å². The summed E-state index contributed by atoms with van der Waals surface area (Å²) in [7, 11) is 1.89. The molecule has 0 aliphatic carbocycles. The summed E-state index contributed by atoms with van der Waals surface area (Å²) in [4.78, 5) is 8.12. The Bertz CT molecular complexity index is 453. The summed E-state index contributed by atoms with van der Waals surface area (Å²) in [6.45, 7) is 0. The van der Waals surface area contributed by atoms with Gasteiger partial charge in [-0.1, -0.05) is 11.8 Å². The summed E-state index contributed by atoms with van der Waals surface area (Å²) < 4.78 is 1.77. The minimum absolute atomic E-state index is 0.478. The number of nitrogens with zero attached hydrogens (tertiary/aromatic N) is 4. The monoisotopic (exact) mass is 221 g/mol. The average molecular weight is 221 g/mol. The lowest BCUT2D eigenvalue weighted by Gasteiger charge is -2.00. The van der Waals surface area contributed by atoms with E-state index in [4.69, 9.17) is 5.73 Å². The third kappa shape index (κ3) is 2.47. The largest absolute Gasteiger partial charge is 0.381 e. The van der Waals surface area contributed by atoms with Crippen LogP contribution in [0.3, 0.4) is 0 Å². The van der Waals surface area contributed by atoms with E-state index in [2.05, 4.69) is 15.1 Å². The van der Waals surface area contributed by atoms with E-state index < -0.39 is 0 Å². The zero-order chi connectivity index (χ0) is 10.7. The number of rotatable bonds is 3. The quantitative estimate of drug-likeness (QED) is 0.785. The van der Waals surface area contributed by atoms with Gasteiger partial charge in [0.25, 0.3) is 0 Å². The van der Waals surface area contributed by atoms with Crippen molar-refractivity contribution in [3.63, 3.8) is 0 Å². The normalized spacial score (nSPS) is 10.5. The molecule has 2 N–H and O–H groups in total. The highest BCUT2D eigenvalue weighted by Gasteiger charge is 2.03. The van der Waals surface area contributed by atoms with Gasteiger partial charge in [-0.25, -0.2) is 9.97 Å². The van der Waals surface area contributed by atoms with Gasteiger partial charge in [0, 0.05) is 37.0 Å². The Kier molecular flexibility index (Phi) is 2.86. The van der Waals surface area contributed by atoms with Crippen LogP contribution in [0.25, 0.3) is 0 Å². The van der Waals surface area contributed by atoms with Crippen molar-refractivity contribution in [3.05, 3.63) is 30.4 Å². The Hall–Kier alpha value is -1.56. The molecule has 0 saturated heterocycles. The van der Waals surface area contributed by atoms with Crippen molar-refractivity contribution in [2.24, 2.45) is 7.05 Å². The Morgan fingerprint density at radius 1 is 1.40 bits per heavy atom. The molecular weight excluding hydrogens is 210 g/mol. The SMILES string of the molecule is Cn1cc(CSc2nccnc2N)cn1. The third-order valence-electron chi connectivity index (χ3n) is 1.83. The molecule has 0 aromatic carbocycles. The molecule has 2 rings (SSSR count). The Balaban J connectivity index is 2.02. The summed E-state index contributed by atoms with van der Waals surface area (Å²) in [5.74, 6) is 1.28. The van der Waals surface area contributed by atoms with E-state index in [9.17, 15) is 0 Å². The topological polar surface area (TPSA) is 69.6 Å². The fourth-order valence-electron chi connectivity index (χ4n) is 1.15. The molecule has 0 radical (unpaired) electrons. The van der Waals surface area contributed by atoms with Crippen molar-refractivity contribution in [1.29, 1.82) is 0 Å². The predicted molar refractivity (Wildman–Crippen MR) is 59.2 cm³/mol. The van der Waals surface area contributed by atoms with Gasteiger partial charge in [-0.15, -0.1) is 0 Å². The van der Waals surface area contributed by atoms with Crippen molar-refractivity contribution in [2.45, 2.75) is 10.8 Å². The van der Waals surface area contributed by atoms with Gasteiger partial charge in [0.2, 0.25) is 0 Å². The summed E-state index contributed by atoms with van der Waals surface area (Å²) in [5.41, 5.74) is 6.82. The van der Waals surface area contributed by atoms with Gasteiger partial charge in [-0.3, -0.25) is 4.68 Å². The standard InChI is InChI=1S/C9H11N5S/c1-14-5-7(4-13-14)6-15-9-8(10)11-2-3-12-9/h2-5H,6H2,1H3,(H2,10,11). The highest BCUT2D eigenvalue weighted by molar-refractivity contribution is 7.98. The molecular formula is C9H11N5S. The van der Waals surface area contributed by atoms with Gasteiger partial charge >= 0.3 is 0 Å². The van der Waals surface area contributed by atoms with Crippen LogP contribution in [0.1, 0.15) is 5.56 Å². The number of hydrogen-bond acceptors (Lipinski definition) is 5. The second kappa shape index (κ2) is 4.31. The number of anilines is 1. The zero-order valence-corrected chi connectivity index (χ0v) is 9.11. The second-order valence-corrected chi connectivity index (χ2v) is 4.02. The first-order chi connectivity index (χ1) is 7.25. The first-order valence-corrected chi connectivity index (χ1v) is 5.41. The van der Waals surface area contributed by atoms with E-state index in [1.807, 2.05) is 19.4 Å². The molecule has 0 aliphatic heterocycles. The molecule has 2 heterocycles. The van der Waals surface area contributed by atoms with Crippen LogP contribution in [-0.2, 0) is 12.8 Å². The lowest BCUT2D eigenvalue weighted by molar-refractivity contribution is 0.767. The van der Waals surface area contributed by atoms with Crippen LogP contribution in [0.4, 0.5) is 5.82 Å². The first kappa shape index (κ1) is 9.97. The Morgan fingerprint density at radius 2 is 2.20 bits per heavy atom. The van der Waals surface area contributed by atoms with Crippen molar-refractivity contribution < 1.29 is 0 Å². The molecule has 0 spiro atoms. The lowest BCUT2D eigenvalue weighted by atomic mass is 10.4. The van der Waals surface area contributed by atoms with Crippen molar-refractivity contribution >= 4 is 17.6 Å². The number of nitrogen functional groups attached to an aromatic ring is 1. The molecule has 78 valence electrons. The Labute approximate surface area is 91.7 Å². The van der Waals surface area contributed by atoms with E-state index in [1.165, 1.54) is 0 Å². The smallest absolute Gasteiger partial charge is 0.156 e. The minimum Gasteiger partial charge on any atom is -0.381 e. The van der Waals surface area contributed by atoms with Gasteiger partial charge in [0.15, 0.2) is 5.82 Å². The number of aryl methyl sites for hydroxylation is 1. The van der Waals surface area contributed by atoms with E-state index >= 15 is 0 Å². The molecule has 0 bridgehead atoms. The maximum atomic E-state index is 5.67. The third-order valence-corrected chi connectivity index (χ3v) is 2.89. The average Bonchev–Trinajstić information content (AvgIpc) is 2.63. The van der Waals surface area contributed by atoms with E-state index in [-0.39, 0.29) is 0 Å². The Morgan fingerprint density at radius 3 is 2.87 bits per heavy atom. The number of nitrogens with two attached hydrogens (primary N) is 1. The van der Waals surface area contributed by atoms with E-state index in [0.29, 0.717) is 5.82 Å². The molecule has 0 saturated carbocycles. The van der Waals surface area contributed by atoms with Crippen LogP contribution in [0, 0.1) is 0 Å². The van der Waals surface area contributed by atoms with Crippen molar-refractivity contribution in [1.82, 2.24) is 19.7 Å². The number of thioether (sulfide) groups is 1. The summed E-state index contributed by atoms with van der Waals surface area (Å²) in [6, 6.07) is 0. The van der Waals surface area contributed by atoms with Gasteiger partial charge in [0.1, 0.15) is 5.03 Å². The van der Waals surface area contributed by atoms with Crippen LogP contribution < -0.4 is 5.73 Å². The van der Waals surface area contributed by atoms with Crippen molar-refractivity contribution in [3.8, 4) is 0 Å². The lowest BCUT2D eigenvalue weighted by Crippen LogP contribution is -1.94. The molecule has 0 unspecified atom stereocenters. The van der Waals surface area contributed by atoms with Crippen molar-refractivity contribution in [2.75, 3.05) is 5.73 Å². The molecule has 0 atom stereocenters. The summed E-state index contributed by atoms with van der Waals surface area (Å²) >= 11 is 1.56. The van der Waals surface area contributed by atoms with E-state index in [1.54, 1.807) is 28.8 Å². The summed E-state index contributed by atoms with van der Waals surface area (Å²) in [6.07, 6.45) is 7.03. The highest BCUT2D eigenvalue weighted by Crippen LogP contribution is 2.23. The molecule has 15 heavy (non-hydrogen) atoms. The van der Waals surface area contributed by atoms with Gasteiger partial charge in [-0.2, -0.15) is 5.10 Å². The van der Waals surface area contributed by atoms with Crippen LogP contribution >= 0.6 is 11.8 Å². The number of aromatic nitrogens is 4. The summed E-state index contributed by atoms with van der Waals surface area (Å²) in [5, 5.41) is 4.85. The maximum Gasteiger partial charge on any atom is 0.156 e. The molecule has 6 heteroatoms. The second-order valence-electron chi connectivity index (χ2n) is 3.06. The molecule has 0 fully saturated rings. The fraction of sp³-hybridized carbons (Fsp3) is 0.222. The first-order valence-electron chi connectivity index (χ1n) is 4.42. The molecule has 0 amide bonds. The van der Waals surface area contributed by atoms with E-state index in [0.717, 1.165) is 16.3 Å².